The van der Waals surface area contributed by atoms with E-state index in [4.69, 9.17) is 0 Å². The van der Waals surface area contributed by atoms with E-state index < -0.39 is 0 Å². The molecule has 2 aliphatic rings. The fraction of sp³-hybridized carbons (Fsp3) is 0.938. The highest BCUT2D eigenvalue weighted by molar-refractivity contribution is 5.37. The van der Waals surface area contributed by atoms with Gasteiger partial charge >= 0.3 is 0 Å². The van der Waals surface area contributed by atoms with Gasteiger partial charge in [-0.25, -0.2) is 0 Å². The minimum atomic E-state index is -0.318. The molecule has 0 aromatic heterocycles. The van der Waals surface area contributed by atoms with Gasteiger partial charge in [0.15, 0.2) is 0 Å². The molecule has 0 aromatic rings. The molecule has 20 heavy (non-hydrogen) atoms. The third kappa shape index (κ3) is 7.25. The number of carbonyl (C=O) groups excluding carboxylic acids is 1. The second-order valence-electron chi connectivity index (χ2n) is 6.96. The van der Waals surface area contributed by atoms with Crippen LogP contribution in [0.5, 0.6) is 0 Å². The molecule has 1 aliphatic carbocycles. The van der Waals surface area contributed by atoms with Crippen LogP contribution >= 0.6 is 0 Å². The summed E-state index contributed by atoms with van der Waals surface area (Å²) in [6.07, 6.45) is 7.34. The lowest BCUT2D eigenvalue weighted by atomic mass is 9.94. The number of hydrogen-bond donors (Lipinski definition) is 0. The van der Waals surface area contributed by atoms with Gasteiger partial charge in [0.2, 0.25) is 0 Å². The van der Waals surface area contributed by atoms with E-state index in [9.17, 15) is 4.79 Å². The van der Waals surface area contributed by atoms with Gasteiger partial charge in [-0.15, -0.1) is 0 Å². The Balaban J connectivity index is 0.000000246. The van der Waals surface area contributed by atoms with E-state index >= 15 is 0 Å². The van der Waals surface area contributed by atoms with E-state index in [1.165, 1.54) is 58.3 Å². The van der Waals surface area contributed by atoms with Crippen LogP contribution in [0.3, 0.4) is 0 Å². The maximum absolute atomic E-state index is 9.60. The smallest absolute Gasteiger partial charge is 0.293 e. The number of piperazine rings is 1. The highest BCUT2D eigenvalue weighted by Crippen LogP contribution is 2.23. The van der Waals surface area contributed by atoms with Crippen LogP contribution < -0.4 is 0 Å². The molecule has 0 radical (unpaired) electrons. The SMILES string of the molecule is CC(C)(C)OC=O.CN1CCN(C2CCCCC2)CC1. The fourth-order valence-corrected chi connectivity index (χ4v) is 2.78. The van der Waals surface area contributed by atoms with Gasteiger partial charge in [-0.1, -0.05) is 19.3 Å². The van der Waals surface area contributed by atoms with Gasteiger partial charge in [0.1, 0.15) is 5.60 Å². The molecule has 0 bridgehead atoms. The second kappa shape index (κ2) is 8.63. The quantitative estimate of drug-likeness (QED) is 0.730. The maximum atomic E-state index is 9.60. The molecule has 118 valence electrons. The van der Waals surface area contributed by atoms with Gasteiger partial charge in [-0.2, -0.15) is 0 Å². The van der Waals surface area contributed by atoms with Crippen LogP contribution in [0.15, 0.2) is 0 Å². The molecule has 1 heterocycles. The van der Waals surface area contributed by atoms with E-state index in [1.54, 1.807) is 0 Å². The standard InChI is InChI=1S/C11H22N2.C5H10O2/c1-12-7-9-13(10-8-12)11-5-3-2-4-6-11;1-5(2,3)7-4-6/h11H,2-10H2,1H3;4H,1-3H3. The van der Waals surface area contributed by atoms with Gasteiger partial charge in [0, 0.05) is 32.2 Å². The normalized spacial score (nSPS) is 22.8. The van der Waals surface area contributed by atoms with E-state index in [2.05, 4.69) is 21.6 Å². The first kappa shape index (κ1) is 17.4. The van der Waals surface area contributed by atoms with Gasteiger partial charge in [0.25, 0.3) is 6.47 Å². The van der Waals surface area contributed by atoms with Crippen molar-refractivity contribution in [2.75, 3.05) is 33.2 Å². The van der Waals surface area contributed by atoms with Crippen molar-refractivity contribution in [1.29, 1.82) is 0 Å². The first-order valence-electron chi connectivity index (χ1n) is 7.96. The Morgan fingerprint density at radius 2 is 1.55 bits per heavy atom. The number of carbonyl (C=O) groups is 1. The van der Waals surface area contributed by atoms with Crippen molar-refractivity contribution >= 4 is 6.47 Å². The highest BCUT2D eigenvalue weighted by atomic mass is 16.5. The summed E-state index contributed by atoms with van der Waals surface area (Å²) in [7, 11) is 2.23. The Bertz CT molecular complexity index is 262. The van der Waals surface area contributed by atoms with Gasteiger partial charge < -0.3 is 9.64 Å². The Morgan fingerprint density at radius 1 is 1.00 bits per heavy atom. The third-order valence-electron chi connectivity index (χ3n) is 4.03. The molecular weight excluding hydrogens is 252 g/mol. The molecule has 2 fully saturated rings. The number of nitrogens with zero attached hydrogens (tertiary/aromatic N) is 2. The van der Waals surface area contributed by atoms with Crippen LogP contribution in [-0.4, -0.2) is 61.1 Å². The first-order chi connectivity index (χ1) is 9.42. The molecule has 0 N–H and O–H groups in total. The van der Waals surface area contributed by atoms with E-state index in [0.29, 0.717) is 6.47 Å². The molecule has 1 saturated carbocycles. The molecule has 4 nitrogen and oxygen atoms in total. The summed E-state index contributed by atoms with van der Waals surface area (Å²) in [4.78, 5) is 14.8. The third-order valence-corrected chi connectivity index (χ3v) is 4.03. The van der Waals surface area contributed by atoms with Crippen molar-refractivity contribution in [2.45, 2.75) is 64.5 Å². The van der Waals surface area contributed by atoms with Crippen LogP contribution in [-0.2, 0) is 9.53 Å². The summed E-state index contributed by atoms with van der Waals surface area (Å²) < 4.78 is 4.55. The molecule has 1 aliphatic heterocycles. The fourth-order valence-electron chi connectivity index (χ4n) is 2.78. The maximum Gasteiger partial charge on any atom is 0.293 e. The summed E-state index contributed by atoms with van der Waals surface area (Å²) in [5.74, 6) is 0. The molecule has 1 saturated heterocycles. The van der Waals surface area contributed by atoms with Crippen LogP contribution in [0.4, 0.5) is 0 Å². The molecule has 2 rings (SSSR count). The van der Waals surface area contributed by atoms with E-state index in [1.807, 2.05) is 20.8 Å². The Labute approximate surface area is 124 Å². The summed E-state index contributed by atoms with van der Waals surface area (Å²) in [5.41, 5.74) is -0.318. The van der Waals surface area contributed by atoms with Crippen molar-refractivity contribution in [3.05, 3.63) is 0 Å². The Hall–Kier alpha value is -0.610. The molecule has 0 unspecified atom stereocenters. The lowest BCUT2D eigenvalue weighted by molar-refractivity contribution is -0.138. The van der Waals surface area contributed by atoms with Gasteiger partial charge in [-0.05, 0) is 40.7 Å². The largest absolute Gasteiger partial charge is 0.462 e. The summed E-state index contributed by atoms with van der Waals surface area (Å²) in [6.45, 7) is 11.1. The number of likely N-dealkylation sites (N-methyl/N-ethyl adjacent to an activating group) is 1. The summed E-state index contributed by atoms with van der Waals surface area (Å²) in [5, 5.41) is 0. The summed E-state index contributed by atoms with van der Waals surface area (Å²) >= 11 is 0. The van der Waals surface area contributed by atoms with Crippen LogP contribution in [0.25, 0.3) is 0 Å². The molecule has 0 amide bonds. The van der Waals surface area contributed by atoms with Crippen molar-refractivity contribution in [3.8, 4) is 0 Å². The van der Waals surface area contributed by atoms with Crippen molar-refractivity contribution in [1.82, 2.24) is 9.80 Å². The van der Waals surface area contributed by atoms with Gasteiger partial charge in [-0.3, -0.25) is 9.69 Å². The van der Waals surface area contributed by atoms with Crippen LogP contribution in [0, 0.1) is 0 Å². The number of ether oxygens (including phenoxy) is 1. The lowest BCUT2D eigenvalue weighted by Crippen LogP contribution is -2.49. The number of rotatable bonds is 2. The molecule has 0 atom stereocenters. The summed E-state index contributed by atoms with van der Waals surface area (Å²) in [6, 6.07) is 0.933. The predicted molar refractivity (Wildman–Crippen MR) is 82.8 cm³/mol. The average Bonchev–Trinajstić information content (AvgIpc) is 2.40. The lowest BCUT2D eigenvalue weighted by Gasteiger charge is -2.39. The molecule has 4 heteroatoms. The topological polar surface area (TPSA) is 32.8 Å². The van der Waals surface area contributed by atoms with Crippen LogP contribution in [0.2, 0.25) is 0 Å². The number of hydrogen-bond acceptors (Lipinski definition) is 4. The monoisotopic (exact) mass is 284 g/mol. The minimum Gasteiger partial charge on any atom is -0.462 e. The Kier molecular flexibility index (Phi) is 7.52. The predicted octanol–water partition coefficient (Wildman–Crippen LogP) is 2.52. The minimum absolute atomic E-state index is 0.318. The zero-order chi connectivity index (χ0) is 15.0. The molecule has 0 aromatic carbocycles. The highest BCUT2D eigenvalue weighted by Gasteiger charge is 2.23. The van der Waals surface area contributed by atoms with Gasteiger partial charge in [0.05, 0.1) is 0 Å². The molecule has 0 spiro atoms. The van der Waals surface area contributed by atoms with Crippen molar-refractivity contribution in [2.24, 2.45) is 0 Å². The van der Waals surface area contributed by atoms with Crippen molar-refractivity contribution < 1.29 is 9.53 Å². The first-order valence-corrected chi connectivity index (χ1v) is 7.96. The molecular formula is C16H32N2O2. The second-order valence-corrected chi connectivity index (χ2v) is 6.96. The Morgan fingerprint density at radius 3 is 1.95 bits per heavy atom. The van der Waals surface area contributed by atoms with Crippen LogP contribution in [0.1, 0.15) is 52.9 Å². The van der Waals surface area contributed by atoms with Crippen molar-refractivity contribution in [3.63, 3.8) is 0 Å². The van der Waals surface area contributed by atoms with E-state index in [-0.39, 0.29) is 5.60 Å². The van der Waals surface area contributed by atoms with E-state index in [0.717, 1.165) is 6.04 Å². The zero-order valence-electron chi connectivity index (χ0n) is 13.7. The average molecular weight is 284 g/mol. The zero-order valence-corrected chi connectivity index (χ0v) is 13.7.